The van der Waals surface area contributed by atoms with E-state index in [1.807, 2.05) is 13.8 Å². The number of hydrogen-bond donors (Lipinski definition) is 2. The summed E-state index contributed by atoms with van der Waals surface area (Å²) < 4.78 is 6.28. The predicted octanol–water partition coefficient (Wildman–Crippen LogP) is 2.63. The van der Waals surface area contributed by atoms with E-state index in [1.54, 1.807) is 0 Å². The molecular formula is C14H29NO3Si. The molecular weight excluding hydrogens is 258 g/mol. The zero-order chi connectivity index (χ0) is 15.1. The Bertz CT molecular complexity index is 351. The topological polar surface area (TPSA) is 58.6 Å². The van der Waals surface area contributed by atoms with Crippen LogP contribution in [0.2, 0.25) is 18.1 Å². The quantitative estimate of drug-likeness (QED) is 0.782. The van der Waals surface area contributed by atoms with E-state index in [4.69, 9.17) is 4.43 Å². The van der Waals surface area contributed by atoms with Crippen molar-refractivity contribution in [3.05, 3.63) is 0 Å². The van der Waals surface area contributed by atoms with Crippen LogP contribution in [0.4, 0.5) is 0 Å². The number of aliphatic hydroxyl groups is 1. The van der Waals surface area contributed by atoms with E-state index in [0.29, 0.717) is 0 Å². The molecule has 2 unspecified atom stereocenters. The zero-order valence-corrected chi connectivity index (χ0v) is 14.3. The average Bonchev–Trinajstić information content (AvgIpc) is 2.51. The van der Waals surface area contributed by atoms with Crippen molar-refractivity contribution in [3.8, 4) is 0 Å². The number of nitrogens with one attached hydrogen (secondary N) is 1. The smallest absolute Gasteiger partial charge is 0.225 e. The van der Waals surface area contributed by atoms with Gasteiger partial charge in [-0.25, -0.2) is 0 Å². The monoisotopic (exact) mass is 287 g/mol. The van der Waals surface area contributed by atoms with E-state index >= 15 is 0 Å². The van der Waals surface area contributed by atoms with Gasteiger partial charge in [-0.1, -0.05) is 34.6 Å². The van der Waals surface area contributed by atoms with Gasteiger partial charge in [0.05, 0.1) is 6.42 Å². The first kappa shape index (κ1) is 16.7. The molecule has 0 aromatic carbocycles. The maximum absolute atomic E-state index is 11.7. The highest BCUT2D eigenvalue weighted by Crippen LogP contribution is 2.41. The second kappa shape index (κ2) is 5.18. The lowest BCUT2D eigenvalue weighted by molar-refractivity contribution is -0.126. The van der Waals surface area contributed by atoms with Crippen molar-refractivity contribution in [1.29, 1.82) is 0 Å². The summed E-state index contributed by atoms with van der Waals surface area (Å²) in [5, 5.41) is 13.6. The van der Waals surface area contributed by atoms with Crippen molar-refractivity contribution in [1.82, 2.24) is 5.32 Å². The predicted molar refractivity (Wildman–Crippen MR) is 79.2 cm³/mol. The third-order valence-electron chi connectivity index (χ3n) is 4.81. The fourth-order valence-electron chi connectivity index (χ4n) is 2.09. The van der Waals surface area contributed by atoms with E-state index in [1.165, 1.54) is 0 Å². The van der Waals surface area contributed by atoms with E-state index < -0.39 is 20.1 Å². The Balaban J connectivity index is 2.96. The molecule has 1 amide bonds. The molecule has 1 rings (SSSR count). The van der Waals surface area contributed by atoms with Crippen LogP contribution in [0.1, 0.15) is 47.5 Å². The van der Waals surface area contributed by atoms with Crippen molar-refractivity contribution in [2.24, 2.45) is 5.92 Å². The third-order valence-corrected chi connectivity index (χ3v) is 9.29. The summed E-state index contributed by atoms with van der Waals surface area (Å²) in [6, 6.07) is 0. The zero-order valence-electron chi connectivity index (χ0n) is 13.3. The van der Waals surface area contributed by atoms with Gasteiger partial charge in [0.25, 0.3) is 0 Å². The summed E-state index contributed by atoms with van der Waals surface area (Å²) in [6.45, 7) is 14.7. The molecule has 0 spiro atoms. The molecule has 2 N–H and O–H groups in total. The lowest BCUT2D eigenvalue weighted by atomic mass is 9.91. The standard InChI is InChI=1S/C14H29NO3Si/c1-8-10(2)14(17)11(9-12(16)15-14)18-19(6,7)13(3,4)5/h10-11,17H,8-9H2,1-7H3,(H,15,16)/t10?,11-,14?/m0/s1. The molecule has 0 saturated carbocycles. The molecule has 0 bridgehead atoms. The first-order valence-corrected chi connectivity index (χ1v) is 10.1. The lowest BCUT2D eigenvalue weighted by Gasteiger charge is -2.43. The van der Waals surface area contributed by atoms with E-state index in [0.717, 1.165) is 6.42 Å². The fourth-order valence-corrected chi connectivity index (χ4v) is 3.42. The number of amides is 1. The number of carbonyl (C=O) groups excluding carboxylic acids is 1. The van der Waals surface area contributed by atoms with Crippen LogP contribution in [0.5, 0.6) is 0 Å². The maximum atomic E-state index is 11.7. The van der Waals surface area contributed by atoms with Crippen LogP contribution in [0.25, 0.3) is 0 Å². The highest BCUT2D eigenvalue weighted by molar-refractivity contribution is 6.74. The molecule has 1 fully saturated rings. The minimum atomic E-state index is -2.00. The second-order valence-electron chi connectivity index (χ2n) is 7.25. The molecule has 5 heteroatoms. The highest BCUT2D eigenvalue weighted by atomic mass is 28.4. The molecule has 0 aromatic heterocycles. The first-order valence-electron chi connectivity index (χ1n) is 7.15. The van der Waals surface area contributed by atoms with Gasteiger partial charge in [-0.2, -0.15) is 0 Å². The normalized spacial score (nSPS) is 30.3. The summed E-state index contributed by atoms with van der Waals surface area (Å²) in [7, 11) is -2.00. The first-order chi connectivity index (χ1) is 8.44. The minimum absolute atomic E-state index is 0.0197. The van der Waals surface area contributed by atoms with Gasteiger partial charge in [0.2, 0.25) is 5.91 Å². The molecule has 0 aliphatic carbocycles. The molecule has 4 nitrogen and oxygen atoms in total. The Kier molecular flexibility index (Phi) is 4.55. The summed E-state index contributed by atoms with van der Waals surface area (Å²) in [4.78, 5) is 11.7. The number of rotatable bonds is 4. The Labute approximate surface area is 118 Å². The van der Waals surface area contributed by atoms with Crippen molar-refractivity contribution in [3.63, 3.8) is 0 Å². The molecule has 1 aliphatic heterocycles. The van der Waals surface area contributed by atoms with Crippen LogP contribution in [0.15, 0.2) is 0 Å². The molecule has 1 aliphatic rings. The van der Waals surface area contributed by atoms with E-state index in [2.05, 4.69) is 39.2 Å². The van der Waals surface area contributed by atoms with Crippen LogP contribution in [0.3, 0.4) is 0 Å². The van der Waals surface area contributed by atoms with E-state index in [-0.39, 0.29) is 23.3 Å². The van der Waals surface area contributed by atoms with Gasteiger partial charge in [-0.05, 0) is 24.6 Å². The summed E-state index contributed by atoms with van der Waals surface area (Å²) in [6.07, 6.45) is 0.623. The SMILES string of the molecule is CCC(C)C1(O)NC(=O)C[C@@H]1O[Si](C)(C)C(C)(C)C. The van der Waals surface area contributed by atoms with Gasteiger partial charge in [0.15, 0.2) is 14.0 Å². The minimum Gasteiger partial charge on any atom is -0.408 e. The largest absolute Gasteiger partial charge is 0.408 e. The number of carbonyl (C=O) groups is 1. The lowest BCUT2D eigenvalue weighted by Crippen LogP contribution is -2.58. The van der Waals surface area contributed by atoms with Crippen LogP contribution >= 0.6 is 0 Å². The van der Waals surface area contributed by atoms with Gasteiger partial charge in [-0.3, -0.25) is 4.79 Å². The average molecular weight is 287 g/mol. The molecule has 3 atom stereocenters. The van der Waals surface area contributed by atoms with Gasteiger partial charge in [-0.15, -0.1) is 0 Å². The number of hydrogen-bond acceptors (Lipinski definition) is 3. The van der Waals surface area contributed by atoms with Crippen LogP contribution < -0.4 is 5.32 Å². The second-order valence-corrected chi connectivity index (χ2v) is 12.0. The van der Waals surface area contributed by atoms with Crippen molar-refractivity contribution in [2.75, 3.05) is 0 Å². The molecule has 112 valence electrons. The van der Waals surface area contributed by atoms with Crippen LogP contribution in [-0.4, -0.2) is 31.2 Å². The summed E-state index contributed by atoms with van der Waals surface area (Å²) in [5.74, 6) is -0.139. The van der Waals surface area contributed by atoms with Crippen molar-refractivity contribution < 1.29 is 14.3 Å². The van der Waals surface area contributed by atoms with E-state index in [9.17, 15) is 9.90 Å². The third kappa shape index (κ3) is 3.20. The van der Waals surface area contributed by atoms with Gasteiger partial charge < -0.3 is 14.8 Å². The Morgan fingerprint density at radius 1 is 1.53 bits per heavy atom. The summed E-state index contributed by atoms with van der Waals surface area (Å²) in [5.41, 5.74) is -1.22. The maximum Gasteiger partial charge on any atom is 0.225 e. The fraction of sp³-hybridized carbons (Fsp3) is 0.929. The molecule has 19 heavy (non-hydrogen) atoms. The van der Waals surface area contributed by atoms with Gasteiger partial charge in [0.1, 0.15) is 6.10 Å². The van der Waals surface area contributed by atoms with Gasteiger partial charge >= 0.3 is 0 Å². The Hall–Kier alpha value is -0.393. The summed E-state index contributed by atoms with van der Waals surface area (Å²) >= 11 is 0. The van der Waals surface area contributed by atoms with Crippen LogP contribution in [0, 0.1) is 5.92 Å². The van der Waals surface area contributed by atoms with Crippen molar-refractivity contribution in [2.45, 2.75) is 77.4 Å². The van der Waals surface area contributed by atoms with Crippen LogP contribution in [-0.2, 0) is 9.22 Å². The molecule has 0 aromatic rings. The molecule has 0 radical (unpaired) electrons. The van der Waals surface area contributed by atoms with Crippen molar-refractivity contribution >= 4 is 14.2 Å². The highest BCUT2D eigenvalue weighted by Gasteiger charge is 2.52. The molecule has 1 saturated heterocycles. The Morgan fingerprint density at radius 3 is 2.47 bits per heavy atom. The molecule has 1 heterocycles. The van der Waals surface area contributed by atoms with Gasteiger partial charge in [0, 0.05) is 5.92 Å². The Morgan fingerprint density at radius 2 is 2.05 bits per heavy atom.